The molecule has 0 aromatic heterocycles. The lowest BCUT2D eigenvalue weighted by Crippen LogP contribution is -2.43. The molecule has 0 spiro atoms. The maximum atomic E-state index is 12.3. The molecule has 0 aliphatic rings. The molecule has 2 N–H and O–H groups in total. The highest BCUT2D eigenvalue weighted by Gasteiger charge is 2.20. The molecule has 8 nitrogen and oxygen atoms in total. The summed E-state index contributed by atoms with van der Waals surface area (Å²) in [7, 11) is -5.95. The van der Waals surface area contributed by atoms with Crippen LogP contribution in [0, 0.1) is 0 Å². The van der Waals surface area contributed by atoms with Gasteiger partial charge in [0.25, 0.3) is 10.2 Å². The molecular formula is C15H27N3O5S2. The molecule has 0 atom stereocenters. The maximum Gasteiger partial charge on any atom is 0.277 e. The van der Waals surface area contributed by atoms with Crippen molar-refractivity contribution >= 4 is 25.9 Å². The monoisotopic (exact) mass is 393 g/mol. The summed E-state index contributed by atoms with van der Waals surface area (Å²) >= 11 is 0. The lowest BCUT2D eigenvalue weighted by atomic mass is 10.3. The van der Waals surface area contributed by atoms with Crippen molar-refractivity contribution in [2.45, 2.75) is 39.8 Å². The van der Waals surface area contributed by atoms with Gasteiger partial charge in [-0.15, -0.1) is 0 Å². The van der Waals surface area contributed by atoms with Crippen LogP contribution in [0.5, 0.6) is 5.75 Å². The Bertz CT molecular complexity index is 744. The minimum absolute atomic E-state index is 0.0276. The van der Waals surface area contributed by atoms with Gasteiger partial charge in [0.05, 0.1) is 17.5 Å². The Morgan fingerprint density at radius 1 is 1.04 bits per heavy atom. The highest BCUT2D eigenvalue weighted by atomic mass is 32.2. The van der Waals surface area contributed by atoms with E-state index in [-0.39, 0.29) is 24.4 Å². The number of rotatable bonds is 10. The average Bonchev–Trinajstić information content (AvgIpc) is 2.44. The molecule has 0 aliphatic carbocycles. The number of nitrogens with one attached hydrogen (secondary N) is 2. The van der Waals surface area contributed by atoms with Crippen molar-refractivity contribution in [1.29, 1.82) is 0 Å². The van der Waals surface area contributed by atoms with Crippen LogP contribution in [0.15, 0.2) is 24.3 Å². The number of benzene rings is 1. The first-order valence-corrected chi connectivity index (χ1v) is 11.0. The Kier molecular flexibility index (Phi) is 7.66. The molecule has 1 aromatic carbocycles. The molecule has 144 valence electrons. The Morgan fingerprint density at radius 2 is 1.60 bits per heavy atom. The standard InChI is InChI=1S/C15H27N3O5S2/c1-12(2)17-25(21,22)16-10-11-24(19,20)18(5)14-6-8-15(9-7-14)23-13(3)4/h6-9,12-13,16-17H,10-11H2,1-5H3. The van der Waals surface area contributed by atoms with E-state index in [1.54, 1.807) is 38.1 Å². The lowest BCUT2D eigenvalue weighted by Gasteiger charge is -2.20. The second kappa shape index (κ2) is 8.84. The first-order chi connectivity index (χ1) is 11.4. The third-order valence-corrected chi connectivity index (χ3v) is 6.16. The predicted octanol–water partition coefficient (Wildman–Crippen LogP) is 1.07. The van der Waals surface area contributed by atoms with Crippen molar-refractivity contribution in [3.63, 3.8) is 0 Å². The van der Waals surface area contributed by atoms with Gasteiger partial charge in [-0.25, -0.2) is 13.1 Å². The third-order valence-electron chi connectivity index (χ3n) is 3.03. The summed E-state index contributed by atoms with van der Waals surface area (Å²) in [6.45, 7) is 6.94. The molecule has 0 saturated carbocycles. The SMILES string of the molecule is CC(C)NS(=O)(=O)NCCS(=O)(=O)N(C)c1ccc(OC(C)C)cc1. The highest BCUT2D eigenvalue weighted by Crippen LogP contribution is 2.21. The summed E-state index contributed by atoms with van der Waals surface area (Å²) in [5, 5.41) is 0. The van der Waals surface area contributed by atoms with Crippen molar-refractivity contribution in [2.24, 2.45) is 0 Å². The van der Waals surface area contributed by atoms with Crippen LogP contribution in [-0.2, 0) is 20.2 Å². The third kappa shape index (κ3) is 7.59. The summed E-state index contributed by atoms with van der Waals surface area (Å²) in [5.41, 5.74) is 0.472. The summed E-state index contributed by atoms with van der Waals surface area (Å²) in [6.07, 6.45) is 0.0276. The molecule has 10 heteroatoms. The van der Waals surface area contributed by atoms with E-state index in [0.717, 1.165) is 4.31 Å². The number of ether oxygens (including phenoxy) is 1. The first-order valence-electron chi connectivity index (χ1n) is 7.93. The summed E-state index contributed by atoms with van der Waals surface area (Å²) in [4.78, 5) is 0. The van der Waals surface area contributed by atoms with Crippen LogP contribution >= 0.6 is 0 Å². The fraction of sp³-hybridized carbons (Fsp3) is 0.600. The van der Waals surface area contributed by atoms with E-state index in [2.05, 4.69) is 9.44 Å². The van der Waals surface area contributed by atoms with Gasteiger partial charge in [0, 0.05) is 19.6 Å². The zero-order chi connectivity index (χ0) is 19.3. The number of nitrogens with zero attached hydrogens (tertiary/aromatic N) is 1. The van der Waals surface area contributed by atoms with Crippen molar-refractivity contribution in [3.05, 3.63) is 24.3 Å². The normalized spacial score (nSPS) is 12.6. The van der Waals surface area contributed by atoms with Gasteiger partial charge in [0.15, 0.2) is 0 Å². The second-order valence-electron chi connectivity index (χ2n) is 6.11. The van der Waals surface area contributed by atoms with Gasteiger partial charge >= 0.3 is 0 Å². The smallest absolute Gasteiger partial charge is 0.277 e. The Hall–Kier alpha value is -1.36. The second-order valence-corrected chi connectivity index (χ2v) is 9.77. The Morgan fingerprint density at radius 3 is 2.08 bits per heavy atom. The molecule has 1 rings (SSSR count). The van der Waals surface area contributed by atoms with Crippen LogP contribution in [0.2, 0.25) is 0 Å². The zero-order valence-electron chi connectivity index (χ0n) is 15.2. The van der Waals surface area contributed by atoms with Gasteiger partial charge in [-0.05, 0) is 52.0 Å². The quantitative estimate of drug-likeness (QED) is 0.619. The maximum absolute atomic E-state index is 12.3. The molecule has 25 heavy (non-hydrogen) atoms. The van der Waals surface area contributed by atoms with Crippen LogP contribution in [0.3, 0.4) is 0 Å². The van der Waals surface area contributed by atoms with E-state index in [1.807, 2.05) is 13.8 Å². The molecule has 1 aromatic rings. The summed E-state index contributed by atoms with van der Waals surface area (Å²) < 4.78 is 59.2. The van der Waals surface area contributed by atoms with Crippen molar-refractivity contribution in [2.75, 3.05) is 23.7 Å². The molecule has 0 unspecified atom stereocenters. The lowest BCUT2D eigenvalue weighted by molar-refractivity contribution is 0.242. The van der Waals surface area contributed by atoms with Crippen molar-refractivity contribution in [1.82, 2.24) is 9.44 Å². The van der Waals surface area contributed by atoms with Crippen molar-refractivity contribution in [3.8, 4) is 5.75 Å². The average molecular weight is 394 g/mol. The van der Waals surface area contributed by atoms with Gasteiger partial charge in [-0.2, -0.15) is 13.1 Å². The molecular weight excluding hydrogens is 366 g/mol. The molecule has 0 heterocycles. The number of hydrogen-bond donors (Lipinski definition) is 2. The van der Waals surface area contributed by atoms with E-state index in [9.17, 15) is 16.8 Å². The van der Waals surface area contributed by atoms with E-state index >= 15 is 0 Å². The number of sulfonamides is 1. The largest absolute Gasteiger partial charge is 0.491 e. The Labute approximate surface area is 150 Å². The van der Waals surface area contributed by atoms with Gasteiger partial charge in [-0.1, -0.05) is 0 Å². The van der Waals surface area contributed by atoms with Crippen LogP contribution in [0.4, 0.5) is 5.69 Å². The van der Waals surface area contributed by atoms with Gasteiger partial charge in [0.2, 0.25) is 10.0 Å². The van der Waals surface area contributed by atoms with Crippen LogP contribution in [0.25, 0.3) is 0 Å². The topological polar surface area (TPSA) is 105 Å². The van der Waals surface area contributed by atoms with E-state index in [4.69, 9.17) is 4.74 Å². The van der Waals surface area contributed by atoms with Crippen LogP contribution in [-0.4, -0.2) is 48.3 Å². The summed E-state index contributed by atoms with van der Waals surface area (Å²) in [5.74, 6) is 0.296. The van der Waals surface area contributed by atoms with Gasteiger partial charge < -0.3 is 4.74 Å². The highest BCUT2D eigenvalue weighted by molar-refractivity contribution is 7.92. The first kappa shape index (κ1) is 21.7. The van der Waals surface area contributed by atoms with Crippen LogP contribution in [0.1, 0.15) is 27.7 Å². The fourth-order valence-electron chi connectivity index (χ4n) is 1.96. The Balaban J connectivity index is 2.68. The number of anilines is 1. The van der Waals surface area contributed by atoms with Crippen molar-refractivity contribution < 1.29 is 21.6 Å². The molecule has 0 fully saturated rings. The zero-order valence-corrected chi connectivity index (χ0v) is 16.8. The molecule has 0 aliphatic heterocycles. The van der Waals surface area contributed by atoms with E-state index in [1.165, 1.54) is 7.05 Å². The van der Waals surface area contributed by atoms with E-state index in [0.29, 0.717) is 11.4 Å². The van der Waals surface area contributed by atoms with Gasteiger partial charge in [0.1, 0.15) is 5.75 Å². The van der Waals surface area contributed by atoms with Crippen LogP contribution < -0.4 is 18.5 Å². The minimum atomic E-state index is -3.71. The summed E-state index contributed by atoms with van der Waals surface area (Å²) in [6, 6.07) is 6.38. The van der Waals surface area contributed by atoms with Gasteiger partial charge in [-0.3, -0.25) is 4.31 Å². The number of hydrogen-bond acceptors (Lipinski definition) is 5. The molecule has 0 saturated heterocycles. The molecule has 0 amide bonds. The molecule has 0 radical (unpaired) electrons. The molecule has 0 bridgehead atoms. The predicted molar refractivity (Wildman–Crippen MR) is 99.6 cm³/mol. The fourth-order valence-corrected chi connectivity index (χ4v) is 4.24. The van der Waals surface area contributed by atoms with E-state index < -0.39 is 20.2 Å². The minimum Gasteiger partial charge on any atom is -0.491 e.